The maximum Gasteiger partial charge on any atom is 0.417 e. The van der Waals surface area contributed by atoms with Gasteiger partial charge in [0.05, 0.1) is 11.1 Å². The summed E-state index contributed by atoms with van der Waals surface area (Å²) in [5.41, 5.74) is -0.880. The average molecular weight is 222 g/mol. The summed E-state index contributed by atoms with van der Waals surface area (Å²) < 4.78 is 38.1. The van der Waals surface area contributed by atoms with E-state index in [-0.39, 0.29) is 16.6 Å². The molecule has 0 amide bonds. The fourth-order valence-electron chi connectivity index (χ4n) is 1.47. The van der Waals surface area contributed by atoms with Crippen LogP contribution in [0.4, 0.5) is 13.2 Å². The molecular formula is C11H5F3N2. The van der Waals surface area contributed by atoms with Crippen molar-refractivity contribution in [3.63, 3.8) is 0 Å². The van der Waals surface area contributed by atoms with E-state index in [9.17, 15) is 13.2 Å². The van der Waals surface area contributed by atoms with Crippen LogP contribution in [0.2, 0.25) is 0 Å². The van der Waals surface area contributed by atoms with Gasteiger partial charge in [-0.1, -0.05) is 18.2 Å². The largest absolute Gasteiger partial charge is 0.417 e. The number of hydrogen-bond acceptors (Lipinski definition) is 2. The molecule has 0 N–H and O–H groups in total. The molecule has 0 radical (unpaired) electrons. The number of benzene rings is 1. The summed E-state index contributed by atoms with van der Waals surface area (Å²) in [6.07, 6.45) is -4.48. The Balaban J connectivity index is 2.86. The quantitative estimate of drug-likeness (QED) is 0.686. The number of nitrogens with zero attached hydrogens (tertiary/aromatic N) is 2. The molecule has 0 saturated heterocycles. The highest BCUT2D eigenvalue weighted by Crippen LogP contribution is 2.34. The lowest BCUT2D eigenvalue weighted by Gasteiger charge is -2.09. The van der Waals surface area contributed by atoms with Crippen molar-refractivity contribution in [1.29, 1.82) is 5.26 Å². The van der Waals surface area contributed by atoms with Gasteiger partial charge in [0.2, 0.25) is 0 Å². The van der Waals surface area contributed by atoms with E-state index in [2.05, 4.69) is 4.98 Å². The number of aromatic nitrogens is 1. The van der Waals surface area contributed by atoms with Gasteiger partial charge in [-0.25, -0.2) is 4.98 Å². The molecule has 0 atom stereocenters. The molecule has 0 aliphatic heterocycles. The Morgan fingerprint density at radius 1 is 1.19 bits per heavy atom. The van der Waals surface area contributed by atoms with Crippen LogP contribution in [0.3, 0.4) is 0 Å². The molecule has 1 aromatic carbocycles. The van der Waals surface area contributed by atoms with Gasteiger partial charge >= 0.3 is 6.18 Å². The van der Waals surface area contributed by atoms with Crippen LogP contribution >= 0.6 is 0 Å². The van der Waals surface area contributed by atoms with Crippen molar-refractivity contribution < 1.29 is 13.2 Å². The maximum absolute atomic E-state index is 12.7. The van der Waals surface area contributed by atoms with E-state index >= 15 is 0 Å². The average Bonchev–Trinajstić information content (AvgIpc) is 2.26. The van der Waals surface area contributed by atoms with E-state index in [4.69, 9.17) is 5.26 Å². The minimum atomic E-state index is -4.48. The molecule has 80 valence electrons. The molecule has 1 heterocycles. The van der Waals surface area contributed by atoms with Gasteiger partial charge in [-0.3, -0.25) is 0 Å². The maximum atomic E-state index is 12.7. The highest BCUT2D eigenvalue weighted by atomic mass is 19.4. The van der Waals surface area contributed by atoms with Crippen molar-refractivity contribution in [2.75, 3.05) is 0 Å². The molecule has 16 heavy (non-hydrogen) atoms. The number of rotatable bonds is 0. The third-order valence-corrected chi connectivity index (χ3v) is 2.14. The fourth-order valence-corrected chi connectivity index (χ4v) is 1.47. The second kappa shape index (κ2) is 3.49. The van der Waals surface area contributed by atoms with Gasteiger partial charge in [-0.15, -0.1) is 0 Å². The Hall–Kier alpha value is -2.09. The number of fused-ring (bicyclic) bond motifs is 1. The first-order valence-electron chi connectivity index (χ1n) is 4.39. The SMILES string of the molecule is N#Cc1cc(C(F)(F)F)c2ccccc2n1. The molecule has 2 rings (SSSR count). The molecule has 2 aromatic rings. The Bertz CT molecular complexity index is 582. The van der Waals surface area contributed by atoms with Crippen LogP contribution in [0.15, 0.2) is 30.3 Å². The lowest BCUT2D eigenvalue weighted by Crippen LogP contribution is -2.07. The standard InChI is InChI=1S/C11H5F3N2/c12-11(13,14)9-5-7(6-15)16-10-4-2-1-3-8(9)10/h1-5H. The summed E-state index contributed by atoms with van der Waals surface area (Å²) in [7, 11) is 0. The summed E-state index contributed by atoms with van der Waals surface area (Å²) in [6.45, 7) is 0. The molecule has 0 aliphatic rings. The van der Waals surface area contributed by atoms with E-state index in [1.807, 2.05) is 0 Å². The fraction of sp³-hybridized carbons (Fsp3) is 0.0909. The van der Waals surface area contributed by atoms with Crippen molar-refractivity contribution in [2.24, 2.45) is 0 Å². The van der Waals surface area contributed by atoms with Gasteiger partial charge in [-0.05, 0) is 12.1 Å². The predicted molar refractivity (Wildman–Crippen MR) is 51.5 cm³/mol. The monoisotopic (exact) mass is 222 g/mol. The van der Waals surface area contributed by atoms with Crippen molar-refractivity contribution in [3.8, 4) is 6.07 Å². The van der Waals surface area contributed by atoms with Crippen LogP contribution in [-0.4, -0.2) is 4.98 Å². The first-order valence-corrected chi connectivity index (χ1v) is 4.39. The molecule has 1 aromatic heterocycles. The van der Waals surface area contributed by atoms with Crippen LogP contribution in [0.5, 0.6) is 0 Å². The summed E-state index contributed by atoms with van der Waals surface area (Å²) >= 11 is 0. The topological polar surface area (TPSA) is 36.7 Å². The molecule has 0 aliphatic carbocycles. The predicted octanol–water partition coefficient (Wildman–Crippen LogP) is 3.13. The number of hydrogen-bond donors (Lipinski definition) is 0. The lowest BCUT2D eigenvalue weighted by atomic mass is 10.1. The van der Waals surface area contributed by atoms with Gasteiger partial charge < -0.3 is 0 Å². The zero-order valence-electron chi connectivity index (χ0n) is 7.92. The molecule has 0 bridgehead atoms. The van der Waals surface area contributed by atoms with E-state index in [1.165, 1.54) is 18.2 Å². The zero-order chi connectivity index (χ0) is 11.8. The minimum Gasteiger partial charge on any atom is -0.237 e. The van der Waals surface area contributed by atoms with Gasteiger partial charge in [0.15, 0.2) is 0 Å². The Labute approximate surface area is 89.0 Å². The third-order valence-electron chi connectivity index (χ3n) is 2.14. The number of para-hydroxylation sites is 1. The molecule has 0 unspecified atom stereocenters. The first kappa shape index (κ1) is 10.4. The normalized spacial score (nSPS) is 11.4. The number of nitriles is 1. The van der Waals surface area contributed by atoms with Gasteiger partial charge in [0, 0.05) is 5.39 Å². The Morgan fingerprint density at radius 2 is 1.88 bits per heavy atom. The minimum absolute atomic E-state index is 0.00833. The Kier molecular flexibility index (Phi) is 2.27. The van der Waals surface area contributed by atoms with Crippen molar-refractivity contribution in [3.05, 3.63) is 41.6 Å². The van der Waals surface area contributed by atoms with E-state index in [1.54, 1.807) is 12.1 Å². The summed E-state index contributed by atoms with van der Waals surface area (Å²) in [5.74, 6) is 0. The summed E-state index contributed by atoms with van der Waals surface area (Å²) in [6, 6.07) is 8.26. The second-order valence-corrected chi connectivity index (χ2v) is 3.18. The highest BCUT2D eigenvalue weighted by molar-refractivity contribution is 5.83. The summed E-state index contributed by atoms with van der Waals surface area (Å²) in [4.78, 5) is 3.81. The number of alkyl halides is 3. The van der Waals surface area contributed by atoms with Gasteiger partial charge in [-0.2, -0.15) is 18.4 Å². The van der Waals surface area contributed by atoms with E-state index in [0.29, 0.717) is 0 Å². The van der Waals surface area contributed by atoms with Crippen molar-refractivity contribution in [1.82, 2.24) is 4.98 Å². The number of halogens is 3. The van der Waals surface area contributed by atoms with Crippen LogP contribution in [-0.2, 0) is 6.18 Å². The smallest absolute Gasteiger partial charge is 0.237 e. The van der Waals surface area contributed by atoms with Crippen LogP contribution < -0.4 is 0 Å². The third kappa shape index (κ3) is 1.70. The second-order valence-electron chi connectivity index (χ2n) is 3.18. The molecule has 0 fully saturated rings. The lowest BCUT2D eigenvalue weighted by molar-refractivity contribution is -0.136. The molecule has 0 saturated carbocycles. The van der Waals surface area contributed by atoms with Crippen molar-refractivity contribution >= 4 is 10.9 Å². The van der Waals surface area contributed by atoms with Crippen LogP contribution in [0, 0.1) is 11.3 Å². The molecule has 2 nitrogen and oxygen atoms in total. The van der Waals surface area contributed by atoms with E-state index < -0.39 is 11.7 Å². The number of pyridine rings is 1. The summed E-state index contributed by atoms with van der Waals surface area (Å²) in [5, 5.41) is 8.62. The van der Waals surface area contributed by atoms with E-state index in [0.717, 1.165) is 6.07 Å². The van der Waals surface area contributed by atoms with Crippen LogP contribution in [0.25, 0.3) is 10.9 Å². The first-order chi connectivity index (χ1) is 7.52. The Morgan fingerprint density at radius 3 is 2.50 bits per heavy atom. The molecular weight excluding hydrogens is 217 g/mol. The zero-order valence-corrected chi connectivity index (χ0v) is 7.92. The van der Waals surface area contributed by atoms with Gasteiger partial charge in [0.1, 0.15) is 11.8 Å². The molecule has 5 heteroatoms. The van der Waals surface area contributed by atoms with Gasteiger partial charge in [0.25, 0.3) is 0 Å². The molecule has 0 spiro atoms. The van der Waals surface area contributed by atoms with Crippen LogP contribution in [0.1, 0.15) is 11.3 Å². The van der Waals surface area contributed by atoms with Crippen molar-refractivity contribution in [2.45, 2.75) is 6.18 Å². The highest BCUT2D eigenvalue weighted by Gasteiger charge is 2.33.